The first-order chi connectivity index (χ1) is 10.3. The molecule has 21 heavy (non-hydrogen) atoms. The van der Waals surface area contributed by atoms with Gasteiger partial charge < -0.3 is 10.5 Å². The number of hydrogen-bond donors (Lipinski definition) is 1. The highest BCUT2D eigenvalue weighted by molar-refractivity contribution is 9.10. The van der Waals surface area contributed by atoms with E-state index in [2.05, 4.69) is 40.2 Å². The van der Waals surface area contributed by atoms with Gasteiger partial charge in [0.25, 0.3) is 0 Å². The average molecular weight is 342 g/mol. The van der Waals surface area contributed by atoms with Crippen LogP contribution in [0, 0.1) is 0 Å². The van der Waals surface area contributed by atoms with Crippen LogP contribution in [0.25, 0.3) is 10.8 Å². The van der Waals surface area contributed by atoms with Gasteiger partial charge in [0.2, 0.25) is 0 Å². The Hall–Kier alpha value is -1.84. The van der Waals surface area contributed by atoms with Crippen molar-refractivity contribution < 1.29 is 4.74 Å². The first kappa shape index (κ1) is 14.1. The molecule has 0 unspecified atom stereocenters. The second-order valence-electron chi connectivity index (χ2n) is 4.90. The van der Waals surface area contributed by atoms with E-state index in [1.54, 1.807) is 0 Å². The van der Waals surface area contributed by atoms with Crippen molar-refractivity contribution in [1.29, 1.82) is 0 Å². The fourth-order valence-electron chi connectivity index (χ4n) is 2.32. The summed E-state index contributed by atoms with van der Waals surface area (Å²) in [5.41, 5.74) is 6.79. The molecule has 0 bridgehead atoms. The van der Waals surface area contributed by atoms with Crippen molar-refractivity contribution in [2.75, 3.05) is 6.54 Å². The minimum atomic E-state index is 0.642. The summed E-state index contributed by atoms with van der Waals surface area (Å²) in [4.78, 5) is 0. The quantitative estimate of drug-likeness (QED) is 0.732. The highest BCUT2D eigenvalue weighted by atomic mass is 79.9. The Morgan fingerprint density at radius 1 is 0.857 bits per heavy atom. The Morgan fingerprint density at radius 3 is 2.33 bits per heavy atom. The summed E-state index contributed by atoms with van der Waals surface area (Å²) in [5.74, 6) is 1.66. The molecule has 3 heteroatoms. The van der Waals surface area contributed by atoms with Gasteiger partial charge in [0, 0.05) is 4.47 Å². The van der Waals surface area contributed by atoms with Crippen LogP contribution in [0.3, 0.4) is 0 Å². The maximum atomic E-state index is 5.94. The molecule has 0 amide bonds. The summed E-state index contributed by atoms with van der Waals surface area (Å²) < 4.78 is 6.97. The summed E-state index contributed by atoms with van der Waals surface area (Å²) in [6, 6.07) is 20.4. The molecule has 3 aromatic rings. The van der Waals surface area contributed by atoms with Crippen LogP contribution in [0.1, 0.15) is 5.56 Å². The van der Waals surface area contributed by atoms with Gasteiger partial charge in [-0.15, -0.1) is 0 Å². The molecular weight excluding hydrogens is 326 g/mol. The van der Waals surface area contributed by atoms with Gasteiger partial charge in [-0.05, 0) is 53.6 Å². The minimum absolute atomic E-state index is 0.642. The molecule has 0 saturated heterocycles. The average Bonchev–Trinajstić information content (AvgIpc) is 2.50. The van der Waals surface area contributed by atoms with Gasteiger partial charge in [-0.2, -0.15) is 0 Å². The maximum Gasteiger partial charge on any atom is 0.128 e. The minimum Gasteiger partial charge on any atom is -0.457 e. The second kappa shape index (κ2) is 6.29. The van der Waals surface area contributed by atoms with Gasteiger partial charge in [0.05, 0.1) is 0 Å². The lowest BCUT2D eigenvalue weighted by atomic mass is 10.1. The largest absolute Gasteiger partial charge is 0.457 e. The molecule has 3 aromatic carbocycles. The molecule has 0 fully saturated rings. The van der Waals surface area contributed by atoms with Crippen molar-refractivity contribution in [3.05, 3.63) is 70.7 Å². The van der Waals surface area contributed by atoms with Gasteiger partial charge in [-0.3, -0.25) is 0 Å². The van der Waals surface area contributed by atoms with Crippen LogP contribution in [-0.2, 0) is 6.42 Å². The van der Waals surface area contributed by atoms with Crippen molar-refractivity contribution in [2.24, 2.45) is 5.73 Å². The fraction of sp³-hybridized carbons (Fsp3) is 0.111. The number of hydrogen-bond acceptors (Lipinski definition) is 2. The lowest BCUT2D eigenvalue weighted by Gasteiger charge is -2.09. The van der Waals surface area contributed by atoms with Crippen molar-refractivity contribution in [1.82, 2.24) is 0 Å². The summed E-state index contributed by atoms with van der Waals surface area (Å²) in [6.07, 6.45) is 0.858. The molecule has 0 radical (unpaired) electrons. The third kappa shape index (κ3) is 3.26. The molecule has 3 rings (SSSR count). The van der Waals surface area contributed by atoms with Crippen LogP contribution < -0.4 is 10.5 Å². The van der Waals surface area contributed by atoms with E-state index in [4.69, 9.17) is 10.5 Å². The van der Waals surface area contributed by atoms with E-state index in [9.17, 15) is 0 Å². The van der Waals surface area contributed by atoms with Gasteiger partial charge in [-0.1, -0.05) is 52.3 Å². The van der Waals surface area contributed by atoms with Crippen molar-refractivity contribution >= 4 is 26.7 Å². The summed E-state index contributed by atoms with van der Waals surface area (Å²) in [5, 5.41) is 2.39. The zero-order valence-corrected chi connectivity index (χ0v) is 13.1. The van der Waals surface area contributed by atoms with Gasteiger partial charge in [-0.25, -0.2) is 0 Å². The Morgan fingerprint density at radius 2 is 1.57 bits per heavy atom. The van der Waals surface area contributed by atoms with Gasteiger partial charge in [0.15, 0.2) is 0 Å². The maximum absolute atomic E-state index is 5.94. The van der Waals surface area contributed by atoms with E-state index in [-0.39, 0.29) is 0 Å². The van der Waals surface area contributed by atoms with Crippen LogP contribution in [0.5, 0.6) is 11.5 Å². The Kier molecular flexibility index (Phi) is 4.23. The Bertz CT molecular complexity index is 770. The van der Waals surface area contributed by atoms with E-state index in [0.717, 1.165) is 22.4 Å². The number of ether oxygens (including phenoxy) is 1. The van der Waals surface area contributed by atoms with Crippen LogP contribution >= 0.6 is 15.9 Å². The van der Waals surface area contributed by atoms with Crippen LogP contribution in [0.15, 0.2) is 65.1 Å². The van der Waals surface area contributed by atoms with Gasteiger partial charge >= 0.3 is 0 Å². The molecule has 0 atom stereocenters. The lowest BCUT2D eigenvalue weighted by Crippen LogP contribution is -2.03. The number of halogens is 1. The lowest BCUT2D eigenvalue weighted by molar-refractivity contribution is 0.483. The zero-order valence-electron chi connectivity index (χ0n) is 11.6. The molecule has 0 heterocycles. The van der Waals surface area contributed by atoms with Crippen molar-refractivity contribution in [3.8, 4) is 11.5 Å². The normalized spacial score (nSPS) is 10.8. The molecule has 106 valence electrons. The third-order valence-electron chi connectivity index (χ3n) is 3.39. The van der Waals surface area contributed by atoms with E-state index >= 15 is 0 Å². The molecule has 0 aromatic heterocycles. The van der Waals surface area contributed by atoms with E-state index in [1.165, 1.54) is 16.3 Å². The topological polar surface area (TPSA) is 35.2 Å². The smallest absolute Gasteiger partial charge is 0.128 e. The van der Waals surface area contributed by atoms with Crippen LogP contribution in [0.4, 0.5) is 0 Å². The SMILES string of the molecule is NCCc1ccc(Oc2ccc3ccccc3c2)cc1Br. The molecule has 0 spiro atoms. The number of rotatable bonds is 4. The number of fused-ring (bicyclic) bond motifs is 1. The third-order valence-corrected chi connectivity index (χ3v) is 4.13. The first-order valence-corrected chi connectivity index (χ1v) is 7.71. The Labute approximate surface area is 132 Å². The van der Waals surface area contributed by atoms with Crippen molar-refractivity contribution in [3.63, 3.8) is 0 Å². The van der Waals surface area contributed by atoms with Gasteiger partial charge in [0.1, 0.15) is 11.5 Å². The second-order valence-corrected chi connectivity index (χ2v) is 5.76. The number of nitrogens with two attached hydrogens (primary N) is 1. The van der Waals surface area contributed by atoms with Crippen molar-refractivity contribution in [2.45, 2.75) is 6.42 Å². The molecule has 0 aliphatic heterocycles. The molecule has 2 N–H and O–H groups in total. The monoisotopic (exact) mass is 341 g/mol. The molecule has 0 saturated carbocycles. The molecular formula is C18H16BrNO. The highest BCUT2D eigenvalue weighted by Gasteiger charge is 2.04. The summed E-state index contributed by atoms with van der Waals surface area (Å²) in [7, 11) is 0. The van der Waals surface area contributed by atoms with Crippen LogP contribution in [-0.4, -0.2) is 6.54 Å². The Balaban J connectivity index is 1.86. The first-order valence-electron chi connectivity index (χ1n) is 6.91. The van der Waals surface area contributed by atoms with E-state index in [0.29, 0.717) is 6.54 Å². The molecule has 2 nitrogen and oxygen atoms in total. The number of benzene rings is 3. The summed E-state index contributed by atoms with van der Waals surface area (Å²) in [6.45, 7) is 0.642. The van der Waals surface area contributed by atoms with Crippen LogP contribution in [0.2, 0.25) is 0 Å². The molecule has 0 aliphatic rings. The zero-order chi connectivity index (χ0) is 14.7. The predicted octanol–water partition coefficient (Wildman–Crippen LogP) is 4.90. The predicted molar refractivity (Wildman–Crippen MR) is 90.9 cm³/mol. The van der Waals surface area contributed by atoms with E-state index in [1.807, 2.05) is 36.4 Å². The standard InChI is InChI=1S/C18H16BrNO/c19-18-12-17(8-6-14(18)9-10-20)21-16-7-5-13-3-1-2-4-15(13)11-16/h1-8,11-12H,9-10,20H2. The molecule has 0 aliphatic carbocycles. The fourth-order valence-corrected chi connectivity index (χ4v) is 2.87. The van der Waals surface area contributed by atoms with E-state index < -0.39 is 0 Å². The summed E-state index contributed by atoms with van der Waals surface area (Å²) >= 11 is 3.57. The highest BCUT2D eigenvalue weighted by Crippen LogP contribution is 2.29.